The summed E-state index contributed by atoms with van der Waals surface area (Å²) in [7, 11) is 0. The molecule has 0 aromatic carbocycles. The van der Waals surface area contributed by atoms with E-state index < -0.39 is 0 Å². The van der Waals surface area contributed by atoms with Crippen molar-refractivity contribution in [2.24, 2.45) is 11.8 Å². The summed E-state index contributed by atoms with van der Waals surface area (Å²) in [5.74, 6) is 2.38. The lowest BCUT2D eigenvalue weighted by Crippen LogP contribution is -2.08. The van der Waals surface area contributed by atoms with Crippen LogP contribution in [0.15, 0.2) is 24.2 Å². The van der Waals surface area contributed by atoms with Gasteiger partial charge in [0.05, 0.1) is 18.6 Å². The first kappa shape index (κ1) is 26.0. The minimum atomic E-state index is -0.0198. The Labute approximate surface area is 168 Å². The van der Waals surface area contributed by atoms with Crippen molar-refractivity contribution in [3.05, 3.63) is 24.2 Å². The minimum Gasteiger partial charge on any atom is -0.516 e. The Bertz CT molecular complexity index is 376. The molecule has 0 aliphatic heterocycles. The Kier molecular flexibility index (Phi) is 17.8. The molecule has 1 saturated carbocycles. The summed E-state index contributed by atoms with van der Waals surface area (Å²) in [5, 5.41) is 26.1. The van der Waals surface area contributed by atoms with Gasteiger partial charge in [0.2, 0.25) is 0 Å². The molecule has 3 N–H and O–H groups in total. The molecule has 0 saturated heterocycles. The van der Waals surface area contributed by atoms with Crippen molar-refractivity contribution < 1.29 is 15.3 Å². The van der Waals surface area contributed by atoms with Crippen LogP contribution in [0.2, 0.25) is 0 Å². The molecular weight excluding hydrogens is 336 g/mol. The van der Waals surface area contributed by atoms with Gasteiger partial charge in [-0.25, -0.2) is 0 Å². The lowest BCUT2D eigenvalue weighted by molar-refractivity contribution is 0.305. The number of rotatable bonds is 14. The normalized spacial score (nSPS) is 20.0. The van der Waals surface area contributed by atoms with E-state index in [2.05, 4.69) is 13.5 Å². The zero-order chi connectivity index (χ0) is 20.3. The quantitative estimate of drug-likeness (QED) is 0.214. The van der Waals surface area contributed by atoms with Gasteiger partial charge in [-0.1, -0.05) is 97.0 Å². The fourth-order valence-electron chi connectivity index (χ4n) is 4.24. The fraction of sp³-hybridized carbons (Fsp3) is 0.833. The highest BCUT2D eigenvalue weighted by Crippen LogP contribution is 2.38. The number of aliphatic hydroxyl groups is 3. The Hall–Kier alpha value is -0.960. The molecule has 0 spiro atoms. The van der Waals surface area contributed by atoms with Gasteiger partial charge in [-0.05, 0) is 30.8 Å². The van der Waals surface area contributed by atoms with Crippen LogP contribution >= 0.6 is 0 Å². The van der Waals surface area contributed by atoms with Gasteiger partial charge in [-0.2, -0.15) is 0 Å². The molecule has 1 rings (SSSR count). The van der Waals surface area contributed by atoms with E-state index in [0.717, 1.165) is 36.5 Å². The second-order valence-corrected chi connectivity index (χ2v) is 8.17. The maximum absolute atomic E-state index is 9.76. The van der Waals surface area contributed by atoms with E-state index in [9.17, 15) is 5.11 Å². The lowest BCUT2D eigenvalue weighted by atomic mass is 9.86. The second-order valence-electron chi connectivity index (χ2n) is 8.17. The van der Waals surface area contributed by atoms with Crippen molar-refractivity contribution in [3.8, 4) is 0 Å². The molecule has 160 valence electrons. The van der Waals surface area contributed by atoms with Crippen LogP contribution in [0.25, 0.3) is 0 Å². The van der Waals surface area contributed by atoms with Crippen molar-refractivity contribution >= 4 is 0 Å². The maximum atomic E-state index is 9.76. The fourth-order valence-corrected chi connectivity index (χ4v) is 4.24. The summed E-state index contributed by atoms with van der Waals surface area (Å²) in [6.07, 6.45) is 20.8. The smallest absolute Gasteiger partial charge is 0.0934 e. The lowest BCUT2D eigenvalue weighted by Gasteiger charge is -2.19. The van der Waals surface area contributed by atoms with Crippen LogP contribution < -0.4 is 0 Å². The van der Waals surface area contributed by atoms with Crippen molar-refractivity contribution in [1.29, 1.82) is 0 Å². The topological polar surface area (TPSA) is 60.7 Å². The SMILES string of the molecule is C=CO.CCCCCCCC[C@H]1CCC[C@@H]1CCCCCC(O)=C(C)CO. The molecule has 0 aromatic rings. The van der Waals surface area contributed by atoms with Gasteiger partial charge in [-0.3, -0.25) is 0 Å². The van der Waals surface area contributed by atoms with E-state index in [1.54, 1.807) is 6.92 Å². The van der Waals surface area contributed by atoms with Gasteiger partial charge in [0.15, 0.2) is 0 Å². The maximum Gasteiger partial charge on any atom is 0.0934 e. The summed E-state index contributed by atoms with van der Waals surface area (Å²) >= 11 is 0. The zero-order valence-corrected chi connectivity index (χ0v) is 18.1. The van der Waals surface area contributed by atoms with Crippen LogP contribution in [-0.4, -0.2) is 21.9 Å². The molecule has 0 aromatic heterocycles. The molecule has 1 fully saturated rings. The van der Waals surface area contributed by atoms with Gasteiger partial charge >= 0.3 is 0 Å². The summed E-state index contributed by atoms with van der Waals surface area (Å²) in [5.41, 5.74) is 0.727. The number of hydrogen-bond acceptors (Lipinski definition) is 3. The van der Waals surface area contributed by atoms with Gasteiger partial charge < -0.3 is 15.3 Å². The molecule has 2 atom stereocenters. The van der Waals surface area contributed by atoms with E-state index in [1.165, 1.54) is 83.5 Å². The predicted molar refractivity (Wildman–Crippen MR) is 117 cm³/mol. The van der Waals surface area contributed by atoms with Gasteiger partial charge in [0.1, 0.15) is 0 Å². The molecule has 3 heteroatoms. The van der Waals surface area contributed by atoms with Crippen molar-refractivity contribution in [2.75, 3.05) is 6.61 Å². The highest BCUT2D eigenvalue weighted by molar-refractivity contribution is 5.04. The summed E-state index contributed by atoms with van der Waals surface area (Å²) in [6.45, 7) is 6.99. The average Bonchev–Trinajstić information content (AvgIpc) is 3.11. The van der Waals surface area contributed by atoms with Gasteiger partial charge in [0.25, 0.3) is 0 Å². The third-order valence-corrected chi connectivity index (χ3v) is 5.96. The predicted octanol–water partition coefficient (Wildman–Crippen LogP) is 7.62. The molecule has 1 aliphatic carbocycles. The largest absolute Gasteiger partial charge is 0.516 e. The Balaban J connectivity index is 0.00000210. The molecular formula is C24H46O3. The van der Waals surface area contributed by atoms with E-state index >= 15 is 0 Å². The van der Waals surface area contributed by atoms with E-state index in [4.69, 9.17) is 10.2 Å². The van der Waals surface area contributed by atoms with Crippen molar-refractivity contribution in [3.63, 3.8) is 0 Å². The number of allylic oxidation sites excluding steroid dienone is 1. The Morgan fingerprint density at radius 3 is 1.93 bits per heavy atom. The number of aliphatic hydroxyl groups excluding tert-OH is 3. The molecule has 1 aliphatic rings. The van der Waals surface area contributed by atoms with Crippen LogP contribution in [0.4, 0.5) is 0 Å². The van der Waals surface area contributed by atoms with Crippen LogP contribution in [0, 0.1) is 11.8 Å². The zero-order valence-electron chi connectivity index (χ0n) is 18.1. The summed E-state index contributed by atoms with van der Waals surface area (Å²) < 4.78 is 0. The summed E-state index contributed by atoms with van der Waals surface area (Å²) in [4.78, 5) is 0. The minimum absolute atomic E-state index is 0.0198. The summed E-state index contributed by atoms with van der Waals surface area (Å²) in [6, 6.07) is 0. The standard InChI is InChI=1S/C22H42O2.C2H4O/c1-3-4-5-6-7-9-13-20-15-12-16-21(20)14-10-8-11-17-22(24)19(2)18-23;1-2-3/h20-21,23-24H,3-18H2,1-2H3;2-3H,1H2/t20-,21-;/m0./s1. The molecule has 0 unspecified atom stereocenters. The van der Waals surface area contributed by atoms with Gasteiger partial charge in [0, 0.05) is 6.42 Å². The first-order valence-corrected chi connectivity index (χ1v) is 11.3. The molecule has 0 radical (unpaired) electrons. The number of hydrogen-bond donors (Lipinski definition) is 3. The molecule has 27 heavy (non-hydrogen) atoms. The van der Waals surface area contributed by atoms with Gasteiger partial charge in [-0.15, -0.1) is 0 Å². The average molecular weight is 383 g/mol. The highest BCUT2D eigenvalue weighted by Gasteiger charge is 2.25. The van der Waals surface area contributed by atoms with E-state index in [-0.39, 0.29) is 6.61 Å². The first-order chi connectivity index (χ1) is 13.1. The van der Waals surface area contributed by atoms with Crippen molar-refractivity contribution in [1.82, 2.24) is 0 Å². The van der Waals surface area contributed by atoms with E-state index in [0.29, 0.717) is 5.76 Å². The van der Waals surface area contributed by atoms with Crippen LogP contribution in [-0.2, 0) is 0 Å². The van der Waals surface area contributed by atoms with Crippen LogP contribution in [0.3, 0.4) is 0 Å². The molecule has 0 amide bonds. The molecule has 3 nitrogen and oxygen atoms in total. The second kappa shape index (κ2) is 18.4. The number of unbranched alkanes of at least 4 members (excludes halogenated alkanes) is 7. The Morgan fingerprint density at radius 1 is 0.926 bits per heavy atom. The first-order valence-electron chi connectivity index (χ1n) is 11.3. The molecule has 0 heterocycles. The van der Waals surface area contributed by atoms with Crippen molar-refractivity contribution in [2.45, 2.75) is 110 Å². The molecule has 0 bridgehead atoms. The highest BCUT2D eigenvalue weighted by atomic mass is 16.3. The third-order valence-electron chi connectivity index (χ3n) is 5.96. The third kappa shape index (κ3) is 13.8. The van der Waals surface area contributed by atoms with E-state index in [1.807, 2.05) is 0 Å². The monoisotopic (exact) mass is 382 g/mol. The Morgan fingerprint density at radius 2 is 1.41 bits per heavy atom. The van der Waals surface area contributed by atoms with Crippen LogP contribution in [0.1, 0.15) is 110 Å². The van der Waals surface area contributed by atoms with Crippen LogP contribution in [0.5, 0.6) is 0 Å².